The monoisotopic (exact) mass is 215 g/mol. The fraction of sp³-hybridized carbons (Fsp3) is 0.200. The van der Waals surface area contributed by atoms with Gasteiger partial charge < -0.3 is 10.5 Å². The van der Waals surface area contributed by atoms with Crippen molar-refractivity contribution in [2.45, 2.75) is 6.54 Å². The molecule has 1 aromatic carbocycles. The lowest BCUT2D eigenvalue weighted by Crippen LogP contribution is -2.04. The maximum absolute atomic E-state index is 12.8. The van der Waals surface area contributed by atoms with E-state index in [-0.39, 0.29) is 19.0 Å². The number of hydrogen-bond acceptors (Lipinski definition) is 2. The van der Waals surface area contributed by atoms with Crippen LogP contribution < -0.4 is 10.5 Å². The summed E-state index contributed by atoms with van der Waals surface area (Å²) < 4.78 is 18.0. The number of ether oxygens (including phenoxy) is 1. The van der Waals surface area contributed by atoms with Crippen LogP contribution in [0.15, 0.2) is 29.8 Å². The van der Waals surface area contributed by atoms with Crippen molar-refractivity contribution in [3.63, 3.8) is 0 Å². The van der Waals surface area contributed by atoms with Crippen LogP contribution >= 0.6 is 11.6 Å². The normalized spacial score (nSPS) is 9.93. The second-order valence-corrected chi connectivity index (χ2v) is 3.30. The smallest absolute Gasteiger partial charge is 0.124 e. The van der Waals surface area contributed by atoms with Crippen molar-refractivity contribution >= 4 is 11.6 Å². The summed E-state index contributed by atoms with van der Waals surface area (Å²) in [5.41, 5.74) is 6.04. The fourth-order valence-electron chi connectivity index (χ4n) is 1.00. The van der Waals surface area contributed by atoms with Crippen LogP contribution in [0.3, 0.4) is 0 Å². The SMILES string of the molecule is C=C(Cl)COc1ccc(F)cc1CN. The summed E-state index contributed by atoms with van der Waals surface area (Å²) in [6, 6.07) is 4.18. The first-order valence-electron chi connectivity index (χ1n) is 4.08. The van der Waals surface area contributed by atoms with Gasteiger partial charge >= 0.3 is 0 Å². The van der Waals surface area contributed by atoms with Crippen molar-refractivity contribution in [2.75, 3.05) is 6.61 Å². The van der Waals surface area contributed by atoms with E-state index < -0.39 is 0 Å². The fourth-order valence-corrected chi connectivity index (χ4v) is 1.06. The average Bonchev–Trinajstić information content (AvgIpc) is 2.15. The maximum Gasteiger partial charge on any atom is 0.124 e. The Kier molecular flexibility index (Phi) is 3.92. The molecule has 0 radical (unpaired) electrons. The topological polar surface area (TPSA) is 35.2 Å². The third-order valence-electron chi connectivity index (χ3n) is 1.63. The van der Waals surface area contributed by atoms with Gasteiger partial charge in [0.2, 0.25) is 0 Å². The summed E-state index contributed by atoms with van der Waals surface area (Å²) in [6.07, 6.45) is 0. The summed E-state index contributed by atoms with van der Waals surface area (Å²) in [7, 11) is 0. The van der Waals surface area contributed by atoms with E-state index in [2.05, 4.69) is 6.58 Å². The molecular formula is C10H11ClFNO. The van der Waals surface area contributed by atoms with Gasteiger partial charge in [0.15, 0.2) is 0 Å². The molecule has 2 N–H and O–H groups in total. The van der Waals surface area contributed by atoms with Crippen LogP contribution in [0.4, 0.5) is 4.39 Å². The van der Waals surface area contributed by atoms with Crippen LogP contribution in [0, 0.1) is 5.82 Å². The Balaban J connectivity index is 2.80. The van der Waals surface area contributed by atoms with Gasteiger partial charge in [0.1, 0.15) is 18.2 Å². The quantitative estimate of drug-likeness (QED) is 0.837. The molecule has 0 aliphatic carbocycles. The van der Waals surface area contributed by atoms with E-state index in [0.29, 0.717) is 16.3 Å². The number of nitrogens with two attached hydrogens (primary N) is 1. The van der Waals surface area contributed by atoms with E-state index in [4.69, 9.17) is 22.1 Å². The predicted octanol–water partition coefficient (Wildman–Crippen LogP) is 2.42. The van der Waals surface area contributed by atoms with Gasteiger partial charge in [-0.15, -0.1) is 0 Å². The first kappa shape index (κ1) is 11.0. The van der Waals surface area contributed by atoms with Gasteiger partial charge in [-0.2, -0.15) is 0 Å². The maximum atomic E-state index is 12.8. The molecule has 1 rings (SSSR count). The van der Waals surface area contributed by atoms with Crippen molar-refractivity contribution in [3.8, 4) is 5.75 Å². The molecule has 0 aromatic heterocycles. The molecule has 76 valence electrons. The molecule has 0 unspecified atom stereocenters. The van der Waals surface area contributed by atoms with Crippen molar-refractivity contribution in [1.82, 2.24) is 0 Å². The van der Waals surface area contributed by atoms with Gasteiger partial charge in [-0.1, -0.05) is 18.2 Å². The Bertz CT molecular complexity index is 341. The van der Waals surface area contributed by atoms with Gasteiger partial charge in [-0.25, -0.2) is 4.39 Å². The summed E-state index contributed by atoms with van der Waals surface area (Å²) in [4.78, 5) is 0. The van der Waals surface area contributed by atoms with Crippen molar-refractivity contribution in [2.24, 2.45) is 5.73 Å². The number of rotatable bonds is 4. The molecule has 4 heteroatoms. The van der Waals surface area contributed by atoms with Crippen LogP contribution in [0.2, 0.25) is 0 Å². The van der Waals surface area contributed by atoms with Crippen molar-refractivity contribution in [1.29, 1.82) is 0 Å². The Morgan fingerprint density at radius 1 is 1.57 bits per heavy atom. The van der Waals surface area contributed by atoms with E-state index in [1.54, 1.807) is 0 Å². The Labute approximate surface area is 87.1 Å². The van der Waals surface area contributed by atoms with Gasteiger partial charge in [-0.3, -0.25) is 0 Å². The summed E-state index contributed by atoms with van der Waals surface area (Å²) in [5.74, 6) is 0.207. The molecular weight excluding hydrogens is 205 g/mol. The van der Waals surface area contributed by atoms with Crippen LogP contribution in [0.5, 0.6) is 5.75 Å². The molecule has 14 heavy (non-hydrogen) atoms. The van der Waals surface area contributed by atoms with E-state index in [9.17, 15) is 4.39 Å². The third-order valence-corrected chi connectivity index (χ3v) is 1.74. The number of halogens is 2. The molecule has 0 atom stereocenters. The second kappa shape index (κ2) is 4.98. The highest BCUT2D eigenvalue weighted by Crippen LogP contribution is 2.19. The molecule has 0 spiro atoms. The first-order chi connectivity index (χ1) is 6.63. The van der Waals surface area contributed by atoms with Gasteiger partial charge in [0.25, 0.3) is 0 Å². The minimum Gasteiger partial charge on any atom is -0.488 e. The largest absolute Gasteiger partial charge is 0.488 e. The van der Waals surface area contributed by atoms with E-state index in [1.807, 2.05) is 0 Å². The molecule has 1 aromatic rings. The Hall–Kier alpha value is -1.06. The summed E-state index contributed by atoms with van der Waals surface area (Å²) in [5, 5.41) is 0.386. The molecule has 0 bridgehead atoms. The minimum atomic E-state index is -0.331. The van der Waals surface area contributed by atoms with Gasteiger partial charge in [0, 0.05) is 17.1 Å². The van der Waals surface area contributed by atoms with Crippen LogP contribution in [0.1, 0.15) is 5.56 Å². The zero-order valence-corrected chi connectivity index (χ0v) is 8.35. The van der Waals surface area contributed by atoms with Crippen molar-refractivity contribution < 1.29 is 9.13 Å². The minimum absolute atomic E-state index is 0.195. The molecule has 0 aliphatic heterocycles. The lowest BCUT2D eigenvalue weighted by Gasteiger charge is -2.09. The van der Waals surface area contributed by atoms with Crippen LogP contribution in [-0.2, 0) is 6.54 Å². The Morgan fingerprint density at radius 3 is 2.86 bits per heavy atom. The molecule has 0 fully saturated rings. The highest BCUT2D eigenvalue weighted by atomic mass is 35.5. The molecule has 2 nitrogen and oxygen atoms in total. The third kappa shape index (κ3) is 3.01. The van der Waals surface area contributed by atoms with Gasteiger partial charge in [0.05, 0.1) is 0 Å². The molecule has 0 saturated carbocycles. The number of hydrogen-bond donors (Lipinski definition) is 1. The molecule has 0 heterocycles. The Morgan fingerprint density at radius 2 is 2.29 bits per heavy atom. The highest BCUT2D eigenvalue weighted by Gasteiger charge is 2.03. The van der Waals surface area contributed by atoms with Crippen LogP contribution in [0.25, 0.3) is 0 Å². The lowest BCUT2D eigenvalue weighted by atomic mass is 10.2. The standard InChI is InChI=1S/C10H11ClFNO/c1-7(11)6-14-10-3-2-9(12)4-8(10)5-13/h2-4H,1,5-6,13H2. The average molecular weight is 216 g/mol. The first-order valence-corrected chi connectivity index (χ1v) is 4.46. The summed E-state index contributed by atoms with van der Waals surface area (Å²) >= 11 is 5.53. The van der Waals surface area contributed by atoms with E-state index in [1.165, 1.54) is 18.2 Å². The molecule has 0 amide bonds. The van der Waals surface area contributed by atoms with Gasteiger partial charge in [-0.05, 0) is 18.2 Å². The second-order valence-electron chi connectivity index (χ2n) is 2.76. The highest BCUT2D eigenvalue weighted by molar-refractivity contribution is 6.29. The predicted molar refractivity (Wildman–Crippen MR) is 54.8 cm³/mol. The molecule has 0 saturated heterocycles. The zero-order chi connectivity index (χ0) is 10.6. The number of benzene rings is 1. The zero-order valence-electron chi connectivity index (χ0n) is 7.59. The van der Waals surface area contributed by atoms with E-state index in [0.717, 1.165) is 0 Å². The lowest BCUT2D eigenvalue weighted by molar-refractivity contribution is 0.355. The van der Waals surface area contributed by atoms with Crippen molar-refractivity contribution in [3.05, 3.63) is 41.2 Å². The van der Waals surface area contributed by atoms with Crippen LogP contribution in [-0.4, -0.2) is 6.61 Å². The molecule has 0 aliphatic rings. The van der Waals surface area contributed by atoms with E-state index >= 15 is 0 Å². The summed E-state index contributed by atoms with van der Waals surface area (Å²) in [6.45, 7) is 3.90.